The zero-order valence-corrected chi connectivity index (χ0v) is 9.73. The lowest BCUT2D eigenvalue weighted by molar-refractivity contribution is -0.117. The molecule has 2 fully saturated rings. The number of cyclic esters (lactones) is 1. The minimum atomic E-state index is -0.0555. The average Bonchev–Trinajstić information content (AvgIpc) is 2.80. The molecule has 1 saturated carbocycles. The third kappa shape index (κ3) is 2.17. The van der Waals surface area contributed by atoms with E-state index in [0.717, 1.165) is 12.8 Å². The number of carbonyl (C=O) groups is 1. The summed E-state index contributed by atoms with van der Waals surface area (Å²) >= 11 is 0. The molecule has 5 unspecified atom stereocenters. The smallest absolute Gasteiger partial charge is 0.348 e. The van der Waals surface area contributed by atoms with Gasteiger partial charge in [-0.3, -0.25) is 0 Å². The van der Waals surface area contributed by atoms with Crippen molar-refractivity contribution in [3.63, 3.8) is 0 Å². The molecule has 0 spiro atoms. The maximum Gasteiger partial charge on any atom is 0.348 e. The summed E-state index contributed by atoms with van der Waals surface area (Å²) in [5.41, 5.74) is 0. The van der Waals surface area contributed by atoms with E-state index < -0.39 is 0 Å². The van der Waals surface area contributed by atoms with Gasteiger partial charge in [-0.2, -0.15) is 0 Å². The van der Waals surface area contributed by atoms with E-state index in [-0.39, 0.29) is 12.1 Å². The Bertz CT molecular complexity index is 251. The predicted molar refractivity (Wildman–Crippen MR) is 56.3 cm³/mol. The standard InChI is InChI=1S/C12H20O3/c1-7(8(2)14-3)9-4-5-10(6-9)11-12(13)15-11/h7-11H,4-6H2,1-3H3. The van der Waals surface area contributed by atoms with Gasteiger partial charge in [-0.1, -0.05) is 6.92 Å². The normalized spacial score (nSPS) is 38.6. The summed E-state index contributed by atoms with van der Waals surface area (Å²) in [6.45, 7) is 4.37. The molecular weight excluding hydrogens is 192 g/mol. The molecule has 5 atom stereocenters. The third-order valence-electron chi connectivity index (χ3n) is 4.22. The molecule has 3 nitrogen and oxygen atoms in total. The lowest BCUT2D eigenvalue weighted by atomic mass is 9.87. The van der Waals surface area contributed by atoms with Crippen LogP contribution in [0.25, 0.3) is 0 Å². The lowest BCUT2D eigenvalue weighted by Crippen LogP contribution is -2.23. The minimum absolute atomic E-state index is 0.00749. The van der Waals surface area contributed by atoms with Gasteiger partial charge in [0.1, 0.15) is 0 Å². The van der Waals surface area contributed by atoms with Crippen LogP contribution in [0.15, 0.2) is 0 Å². The topological polar surface area (TPSA) is 38.8 Å². The number of rotatable bonds is 4. The van der Waals surface area contributed by atoms with E-state index in [9.17, 15) is 4.79 Å². The first-order valence-electron chi connectivity index (χ1n) is 5.86. The molecule has 0 amide bonds. The molecule has 0 bridgehead atoms. The highest BCUT2D eigenvalue weighted by atomic mass is 16.6. The molecular formula is C12H20O3. The number of methoxy groups -OCH3 is 1. The zero-order chi connectivity index (χ0) is 11.0. The summed E-state index contributed by atoms with van der Waals surface area (Å²) in [7, 11) is 1.77. The van der Waals surface area contributed by atoms with E-state index in [1.165, 1.54) is 6.42 Å². The molecule has 3 heteroatoms. The molecule has 0 radical (unpaired) electrons. The monoisotopic (exact) mass is 212 g/mol. The van der Waals surface area contributed by atoms with Crippen molar-refractivity contribution < 1.29 is 14.3 Å². The van der Waals surface area contributed by atoms with Crippen molar-refractivity contribution in [3.05, 3.63) is 0 Å². The molecule has 2 aliphatic rings. The summed E-state index contributed by atoms with van der Waals surface area (Å²) in [6.07, 6.45) is 3.74. The highest BCUT2D eigenvalue weighted by Gasteiger charge is 2.48. The second kappa shape index (κ2) is 4.12. The van der Waals surface area contributed by atoms with Gasteiger partial charge in [0.15, 0.2) is 0 Å². The van der Waals surface area contributed by atoms with Crippen LogP contribution in [0.3, 0.4) is 0 Å². The highest BCUT2D eigenvalue weighted by Crippen LogP contribution is 2.42. The van der Waals surface area contributed by atoms with Crippen molar-refractivity contribution in [3.8, 4) is 0 Å². The molecule has 1 heterocycles. The van der Waals surface area contributed by atoms with Gasteiger partial charge in [0.25, 0.3) is 0 Å². The predicted octanol–water partition coefficient (Wildman–Crippen LogP) is 2.00. The molecule has 2 rings (SSSR count). The van der Waals surface area contributed by atoms with Crippen LogP contribution in [0, 0.1) is 17.8 Å². The Morgan fingerprint density at radius 1 is 1.40 bits per heavy atom. The molecule has 0 aromatic heterocycles. The maximum absolute atomic E-state index is 10.9. The molecule has 15 heavy (non-hydrogen) atoms. The van der Waals surface area contributed by atoms with Crippen LogP contribution in [0.5, 0.6) is 0 Å². The van der Waals surface area contributed by atoms with Crippen molar-refractivity contribution in [2.75, 3.05) is 7.11 Å². The number of carbonyl (C=O) groups excluding carboxylic acids is 1. The van der Waals surface area contributed by atoms with E-state index in [1.807, 2.05) is 0 Å². The highest BCUT2D eigenvalue weighted by molar-refractivity contribution is 5.87. The lowest BCUT2D eigenvalue weighted by Gasteiger charge is -2.24. The number of hydrogen-bond donors (Lipinski definition) is 0. The fourth-order valence-electron chi connectivity index (χ4n) is 2.78. The molecule has 86 valence electrons. The fraction of sp³-hybridized carbons (Fsp3) is 0.917. The molecule has 1 saturated heterocycles. The second-order valence-corrected chi connectivity index (χ2v) is 4.99. The van der Waals surface area contributed by atoms with E-state index in [1.54, 1.807) is 7.11 Å². The average molecular weight is 212 g/mol. The van der Waals surface area contributed by atoms with Crippen LogP contribution in [-0.2, 0) is 14.3 Å². The first kappa shape index (κ1) is 10.9. The molecule has 0 N–H and O–H groups in total. The van der Waals surface area contributed by atoms with E-state index >= 15 is 0 Å². The summed E-state index contributed by atoms with van der Waals surface area (Å²) in [5.74, 6) is 1.76. The first-order chi connectivity index (χ1) is 7.13. The third-order valence-corrected chi connectivity index (χ3v) is 4.22. The van der Waals surface area contributed by atoms with E-state index in [0.29, 0.717) is 23.9 Å². The second-order valence-electron chi connectivity index (χ2n) is 4.99. The Hall–Kier alpha value is -0.570. The Labute approximate surface area is 91.1 Å². The van der Waals surface area contributed by atoms with Crippen LogP contribution in [0.1, 0.15) is 33.1 Å². The van der Waals surface area contributed by atoms with Gasteiger partial charge in [-0.05, 0) is 38.0 Å². The van der Waals surface area contributed by atoms with Crippen LogP contribution >= 0.6 is 0 Å². The van der Waals surface area contributed by atoms with Crippen LogP contribution in [-0.4, -0.2) is 25.3 Å². The van der Waals surface area contributed by atoms with Crippen molar-refractivity contribution in [1.29, 1.82) is 0 Å². The van der Waals surface area contributed by atoms with Gasteiger partial charge >= 0.3 is 5.97 Å². The molecule has 1 aliphatic heterocycles. The van der Waals surface area contributed by atoms with Crippen molar-refractivity contribution in [2.24, 2.45) is 17.8 Å². The van der Waals surface area contributed by atoms with Gasteiger partial charge in [0.05, 0.1) is 6.10 Å². The quantitative estimate of drug-likeness (QED) is 0.669. The van der Waals surface area contributed by atoms with Gasteiger partial charge in [-0.15, -0.1) is 0 Å². The van der Waals surface area contributed by atoms with Crippen LogP contribution in [0.4, 0.5) is 0 Å². The summed E-state index contributed by atoms with van der Waals surface area (Å²) in [4.78, 5) is 10.9. The zero-order valence-electron chi connectivity index (χ0n) is 9.73. The van der Waals surface area contributed by atoms with Gasteiger partial charge < -0.3 is 9.47 Å². The number of hydrogen-bond acceptors (Lipinski definition) is 3. The van der Waals surface area contributed by atoms with Crippen molar-refractivity contribution in [1.82, 2.24) is 0 Å². The van der Waals surface area contributed by atoms with E-state index in [2.05, 4.69) is 13.8 Å². The largest absolute Gasteiger partial charge is 0.447 e. The number of ether oxygens (including phenoxy) is 2. The van der Waals surface area contributed by atoms with Gasteiger partial charge in [0, 0.05) is 13.0 Å². The number of epoxide rings is 1. The Morgan fingerprint density at radius 2 is 2.07 bits per heavy atom. The first-order valence-corrected chi connectivity index (χ1v) is 5.86. The Morgan fingerprint density at radius 3 is 2.60 bits per heavy atom. The molecule has 0 aromatic rings. The summed E-state index contributed by atoms with van der Waals surface area (Å²) in [5, 5.41) is 0. The minimum Gasteiger partial charge on any atom is -0.447 e. The Balaban J connectivity index is 1.84. The van der Waals surface area contributed by atoms with Crippen LogP contribution < -0.4 is 0 Å². The summed E-state index contributed by atoms with van der Waals surface area (Å²) < 4.78 is 10.3. The molecule has 1 aliphatic carbocycles. The van der Waals surface area contributed by atoms with Crippen LogP contribution in [0.2, 0.25) is 0 Å². The van der Waals surface area contributed by atoms with E-state index in [4.69, 9.17) is 9.47 Å². The molecule has 0 aromatic carbocycles. The van der Waals surface area contributed by atoms with Crippen molar-refractivity contribution in [2.45, 2.75) is 45.3 Å². The maximum atomic E-state index is 10.9. The van der Waals surface area contributed by atoms with Gasteiger partial charge in [0.2, 0.25) is 6.10 Å². The fourth-order valence-corrected chi connectivity index (χ4v) is 2.78. The Kier molecular flexibility index (Phi) is 3.01. The SMILES string of the molecule is COC(C)C(C)C1CCC(C2OC2=O)C1. The summed E-state index contributed by atoms with van der Waals surface area (Å²) in [6, 6.07) is 0. The van der Waals surface area contributed by atoms with Crippen molar-refractivity contribution >= 4 is 5.97 Å². The van der Waals surface area contributed by atoms with Gasteiger partial charge in [-0.25, -0.2) is 4.79 Å².